The first-order valence-corrected chi connectivity index (χ1v) is 6.45. The third-order valence-electron chi connectivity index (χ3n) is 3.41. The number of hydrogen-bond donors (Lipinski definition) is 2. The van der Waals surface area contributed by atoms with E-state index in [1.807, 2.05) is 11.8 Å². The Morgan fingerprint density at radius 3 is 3.00 bits per heavy atom. The van der Waals surface area contributed by atoms with E-state index in [9.17, 15) is 4.79 Å². The number of nitrogens with one attached hydrogen (secondary N) is 2. The number of aryl methyl sites for hydroxylation is 1. The van der Waals surface area contributed by atoms with Gasteiger partial charge in [0.05, 0.1) is 6.04 Å². The quantitative estimate of drug-likeness (QED) is 0.849. The molecule has 0 bridgehead atoms. The van der Waals surface area contributed by atoms with Crippen molar-refractivity contribution in [1.29, 1.82) is 0 Å². The molecule has 0 aliphatic carbocycles. The van der Waals surface area contributed by atoms with Crippen molar-refractivity contribution in [3.63, 3.8) is 0 Å². The lowest BCUT2D eigenvalue weighted by Gasteiger charge is -2.33. The monoisotopic (exact) mass is 260 g/mol. The van der Waals surface area contributed by atoms with Gasteiger partial charge in [-0.25, -0.2) is 4.98 Å². The molecule has 19 heavy (non-hydrogen) atoms. The van der Waals surface area contributed by atoms with Gasteiger partial charge >= 0.3 is 0 Å². The number of aromatic amines is 2. The van der Waals surface area contributed by atoms with Crippen LogP contribution >= 0.6 is 0 Å². The fraction of sp³-hybridized carbons (Fsp3) is 0.500. The molecule has 1 atom stereocenters. The highest BCUT2D eigenvalue weighted by Gasteiger charge is 2.31. The maximum Gasteiger partial charge on any atom is 0.272 e. The van der Waals surface area contributed by atoms with Crippen molar-refractivity contribution < 1.29 is 4.79 Å². The Morgan fingerprint density at radius 1 is 1.42 bits per heavy atom. The van der Waals surface area contributed by atoms with Crippen molar-refractivity contribution in [3.8, 4) is 0 Å². The molecule has 0 aromatic carbocycles. The molecular weight excluding hydrogens is 244 g/mol. The Bertz CT molecular complexity index is 561. The van der Waals surface area contributed by atoms with Crippen LogP contribution in [-0.4, -0.2) is 42.7 Å². The van der Waals surface area contributed by atoms with Gasteiger partial charge in [0.1, 0.15) is 11.5 Å². The van der Waals surface area contributed by atoms with Crippen molar-refractivity contribution in [2.45, 2.75) is 32.2 Å². The van der Waals surface area contributed by atoms with Crippen LogP contribution < -0.4 is 0 Å². The van der Waals surface area contributed by atoms with Crippen LogP contribution in [-0.2, 0) is 0 Å². The highest BCUT2D eigenvalue weighted by Crippen LogP contribution is 2.29. The number of carbonyl (C=O) groups excluding carboxylic acids is 1. The van der Waals surface area contributed by atoms with Gasteiger partial charge in [-0.2, -0.15) is 10.2 Å². The van der Waals surface area contributed by atoms with E-state index in [4.69, 9.17) is 0 Å². The second-order valence-corrected chi connectivity index (χ2v) is 4.76. The number of carbonyl (C=O) groups is 1. The summed E-state index contributed by atoms with van der Waals surface area (Å²) >= 11 is 0. The molecule has 1 saturated heterocycles. The summed E-state index contributed by atoms with van der Waals surface area (Å²) in [6, 6.07) is 1.64. The first-order chi connectivity index (χ1) is 9.25. The summed E-state index contributed by atoms with van der Waals surface area (Å²) in [6.07, 6.45) is 4.59. The van der Waals surface area contributed by atoms with E-state index in [1.54, 1.807) is 12.3 Å². The number of H-pyrrole nitrogens is 2. The van der Waals surface area contributed by atoms with Gasteiger partial charge in [-0.3, -0.25) is 15.0 Å². The maximum absolute atomic E-state index is 12.4. The zero-order valence-corrected chi connectivity index (χ0v) is 10.8. The third kappa shape index (κ3) is 2.23. The van der Waals surface area contributed by atoms with E-state index in [0.29, 0.717) is 11.5 Å². The standard InChI is InChI=1S/C12H16N6O/c1-8-14-11(17-15-8)10-4-2-3-7-18(10)12(19)9-5-6-13-16-9/h5-6,10H,2-4,7H2,1H3,(H,13,16)(H,14,15,17)/t10-/m1/s1. The van der Waals surface area contributed by atoms with Crippen LogP contribution in [0.4, 0.5) is 0 Å². The minimum absolute atomic E-state index is 0.0374. The van der Waals surface area contributed by atoms with Gasteiger partial charge in [0, 0.05) is 12.7 Å². The van der Waals surface area contributed by atoms with E-state index in [0.717, 1.165) is 31.6 Å². The van der Waals surface area contributed by atoms with Crippen molar-refractivity contribution in [2.24, 2.45) is 0 Å². The number of aromatic nitrogens is 5. The van der Waals surface area contributed by atoms with Gasteiger partial charge in [0.15, 0.2) is 5.82 Å². The number of hydrogen-bond acceptors (Lipinski definition) is 4. The molecule has 1 aliphatic heterocycles. The lowest BCUT2D eigenvalue weighted by atomic mass is 10.0. The van der Waals surface area contributed by atoms with Gasteiger partial charge in [0.2, 0.25) is 0 Å². The SMILES string of the molecule is Cc1nc([C@H]2CCCCN2C(=O)c2ccn[nH]2)n[nH]1. The summed E-state index contributed by atoms with van der Waals surface area (Å²) in [7, 11) is 0. The largest absolute Gasteiger partial charge is 0.327 e. The van der Waals surface area contributed by atoms with Crippen LogP contribution in [0.25, 0.3) is 0 Å². The lowest BCUT2D eigenvalue weighted by Crippen LogP contribution is -2.39. The Hall–Kier alpha value is -2.18. The first kappa shape index (κ1) is 11.9. The summed E-state index contributed by atoms with van der Waals surface area (Å²) in [5.74, 6) is 1.43. The van der Waals surface area contributed by atoms with E-state index < -0.39 is 0 Å². The highest BCUT2D eigenvalue weighted by molar-refractivity contribution is 5.92. The summed E-state index contributed by atoms with van der Waals surface area (Å²) in [5, 5.41) is 13.6. The average molecular weight is 260 g/mol. The smallest absolute Gasteiger partial charge is 0.272 e. The minimum atomic E-state index is -0.0468. The van der Waals surface area contributed by atoms with Crippen LogP contribution in [0.3, 0.4) is 0 Å². The topological polar surface area (TPSA) is 90.6 Å². The summed E-state index contributed by atoms with van der Waals surface area (Å²) in [5.41, 5.74) is 0.513. The molecule has 7 heteroatoms. The highest BCUT2D eigenvalue weighted by atomic mass is 16.2. The van der Waals surface area contributed by atoms with Crippen LogP contribution in [0.15, 0.2) is 12.3 Å². The third-order valence-corrected chi connectivity index (χ3v) is 3.41. The second kappa shape index (κ2) is 4.83. The maximum atomic E-state index is 12.4. The predicted octanol–water partition coefficient (Wildman–Crippen LogP) is 1.20. The van der Waals surface area contributed by atoms with Crippen LogP contribution in [0.1, 0.15) is 47.4 Å². The number of likely N-dealkylation sites (tertiary alicyclic amines) is 1. The second-order valence-electron chi connectivity index (χ2n) is 4.76. The Morgan fingerprint density at radius 2 is 2.32 bits per heavy atom. The zero-order chi connectivity index (χ0) is 13.2. The van der Waals surface area contributed by atoms with Crippen molar-refractivity contribution in [2.75, 3.05) is 6.54 Å². The fourth-order valence-electron chi connectivity index (χ4n) is 2.48. The average Bonchev–Trinajstić information content (AvgIpc) is 3.09. The lowest BCUT2D eigenvalue weighted by molar-refractivity contribution is 0.0594. The van der Waals surface area contributed by atoms with Gasteiger partial charge in [-0.1, -0.05) is 0 Å². The molecule has 3 rings (SSSR count). The number of amides is 1. The van der Waals surface area contributed by atoms with Crippen molar-refractivity contribution >= 4 is 5.91 Å². The Kier molecular flexibility index (Phi) is 3.02. The summed E-state index contributed by atoms with van der Waals surface area (Å²) in [6.45, 7) is 2.59. The molecule has 2 aromatic heterocycles. The van der Waals surface area contributed by atoms with Crippen LogP contribution in [0.5, 0.6) is 0 Å². The van der Waals surface area contributed by atoms with Crippen molar-refractivity contribution in [3.05, 3.63) is 29.6 Å². The molecule has 100 valence electrons. The number of piperidine rings is 1. The number of nitrogens with zero attached hydrogens (tertiary/aromatic N) is 4. The van der Waals surface area contributed by atoms with Gasteiger partial charge in [-0.15, -0.1) is 0 Å². The van der Waals surface area contributed by atoms with Crippen molar-refractivity contribution in [1.82, 2.24) is 30.3 Å². The zero-order valence-electron chi connectivity index (χ0n) is 10.8. The summed E-state index contributed by atoms with van der Waals surface area (Å²) in [4.78, 5) is 18.6. The molecule has 3 heterocycles. The predicted molar refractivity (Wildman–Crippen MR) is 67.3 cm³/mol. The molecular formula is C12H16N6O. The van der Waals surface area contributed by atoms with E-state index in [1.165, 1.54) is 0 Å². The molecule has 1 amide bonds. The molecule has 0 spiro atoms. The van der Waals surface area contributed by atoms with Crippen LogP contribution in [0, 0.1) is 6.92 Å². The van der Waals surface area contributed by atoms with E-state index in [-0.39, 0.29) is 11.9 Å². The first-order valence-electron chi connectivity index (χ1n) is 6.45. The Balaban J connectivity index is 1.87. The normalized spacial score (nSPS) is 19.6. The Labute approximate surface area is 110 Å². The van der Waals surface area contributed by atoms with Gasteiger partial charge in [0.25, 0.3) is 5.91 Å². The molecule has 2 N–H and O–H groups in total. The molecule has 1 fully saturated rings. The fourth-order valence-corrected chi connectivity index (χ4v) is 2.48. The van der Waals surface area contributed by atoms with Gasteiger partial charge in [-0.05, 0) is 32.3 Å². The molecule has 0 unspecified atom stereocenters. The van der Waals surface area contributed by atoms with Gasteiger partial charge < -0.3 is 4.90 Å². The summed E-state index contributed by atoms with van der Waals surface area (Å²) < 4.78 is 0. The molecule has 1 aliphatic rings. The van der Waals surface area contributed by atoms with E-state index in [2.05, 4.69) is 25.4 Å². The van der Waals surface area contributed by atoms with E-state index >= 15 is 0 Å². The molecule has 0 saturated carbocycles. The number of rotatable bonds is 2. The molecule has 7 nitrogen and oxygen atoms in total. The molecule has 2 aromatic rings. The minimum Gasteiger partial charge on any atom is -0.327 e. The van der Waals surface area contributed by atoms with Crippen LogP contribution in [0.2, 0.25) is 0 Å². The molecule has 0 radical (unpaired) electrons.